The minimum absolute atomic E-state index is 0.0229. The van der Waals surface area contributed by atoms with Crippen LogP contribution in [0.3, 0.4) is 0 Å². The van der Waals surface area contributed by atoms with Gasteiger partial charge in [0.15, 0.2) is 0 Å². The molecule has 0 aromatic heterocycles. The van der Waals surface area contributed by atoms with Crippen molar-refractivity contribution >= 4 is 22.1 Å². The number of carbonyl (C=O) groups excluding carboxylic acids is 1. The molecule has 2 aromatic rings. The van der Waals surface area contributed by atoms with Gasteiger partial charge < -0.3 is 9.47 Å². The molecule has 132 valence electrons. The van der Waals surface area contributed by atoms with Gasteiger partial charge in [0.1, 0.15) is 11.5 Å². The van der Waals surface area contributed by atoms with Gasteiger partial charge in [-0.25, -0.2) is 18.4 Å². The molecule has 0 amide bonds. The summed E-state index contributed by atoms with van der Waals surface area (Å²) in [7, 11) is -3.72. The lowest BCUT2D eigenvalue weighted by Gasteiger charge is -2.07. The van der Waals surface area contributed by atoms with Crippen molar-refractivity contribution in [3.8, 4) is 11.5 Å². The minimum Gasteiger partial charge on any atom is -0.463 e. The van der Waals surface area contributed by atoms with Gasteiger partial charge in [0.05, 0.1) is 11.5 Å². The maximum Gasteiger partial charge on any atom is 0.333 e. The van der Waals surface area contributed by atoms with Crippen molar-refractivity contribution in [3.63, 3.8) is 0 Å². The van der Waals surface area contributed by atoms with Crippen LogP contribution >= 0.6 is 0 Å². The summed E-state index contributed by atoms with van der Waals surface area (Å²) in [6.07, 6.45) is 1.72. The zero-order chi connectivity index (χ0) is 18.4. The van der Waals surface area contributed by atoms with Crippen LogP contribution in [0.25, 0.3) is 6.08 Å². The number of primary sulfonamides is 1. The summed E-state index contributed by atoms with van der Waals surface area (Å²) in [6.45, 7) is 3.78. The first-order chi connectivity index (χ1) is 11.8. The Morgan fingerprint density at radius 1 is 1.04 bits per heavy atom. The molecule has 2 rings (SSSR count). The summed E-state index contributed by atoms with van der Waals surface area (Å²) >= 11 is 0. The molecule has 0 heterocycles. The zero-order valence-electron chi connectivity index (χ0n) is 13.9. The van der Waals surface area contributed by atoms with E-state index >= 15 is 0 Å². The summed E-state index contributed by atoms with van der Waals surface area (Å²) in [4.78, 5) is 11.6. The predicted molar refractivity (Wildman–Crippen MR) is 94.6 cm³/mol. The zero-order valence-corrected chi connectivity index (χ0v) is 14.7. The SMILES string of the molecule is CCOC(=O)C(C)=Cc1ccc(Oc2ccc(S(N)(=O)=O)cc2)cc1. The molecule has 0 fully saturated rings. The minimum atomic E-state index is -3.72. The van der Waals surface area contributed by atoms with Crippen molar-refractivity contribution in [2.75, 3.05) is 6.61 Å². The highest BCUT2D eigenvalue weighted by Gasteiger charge is 2.08. The average molecular weight is 361 g/mol. The number of hydrogen-bond donors (Lipinski definition) is 1. The molecule has 2 aromatic carbocycles. The third-order valence-electron chi connectivity index (χ3n) is 3.25. The Kier molecular flexibility index (Phi) is 5.95. The van der Waals surface area contributed by atoms with Crippen molar-refractivity contribution in [3.05, 3.63) is 59.7 Å². The van der Waals surface area contributed by atoms with E-state index in [0.29, 0.717) is 23.7 Å². The van der Waals surface area contributed by atoms with E-state index in [2.05, 4.69) is 0 Å². The first kappa shape index (κ1) is 18.7. The molecule has 0 spiro atoms. The number of rotatable bonds is 6. The van der Waals surface area contributed by atoms with Gasteiger partial charge in [-0.1, -0.05) is 12.1 Å². The number of nitrogens with two attached hydrogens (primary N) is 1. The summed E-state index contributed by atoms with van der Waals surface area (Å²) in [5.74, 6) is 0.713. The Morgan fingerprint density at radius 2 is 1.56 bits per heavy atom. The van der Waals surface area contributed by atoms with Crippen LogP contribution in [0.4, 0.5) is 0 Å². The van der Waals surface area contributed by atoms with E-state index in [1.165, 1.54) is 24.3 Å². The molecule has 7 heteroatoms. The summed E-state index contributed by atoms with van der Waals surface area (Å²) < 4.78 is 33.0. The van der Waals surface area contributed by atoms with Crippen LogP contribution in [0.15, 0.2) is 59.0 Å². The second kappa shape index (κ2) is 7.96. The summed E-state index contributed by atoms with van der Waals surface area (Å²) in [6, 6.07) is 12.9. The lowest BCUT2D eigenvalue weighted by atomic mass is 10.1. The van der Waals surface area contributed by atoms with E-state index in [1.807, 2.05) is 0 Å². The average Bonchev–Trinajstić information content (AvgIpc) is 2.56. The molecular formula is C18H19NO5S. The van der Waals surface area contributed by atoms with Crippen LogP contribution in [-0.2, 0) is 19.6 Å². The van der Waals surface area contributed by atoms with E-state index in [-0.39, 0.29) is 10.9 Å². The van der Waals surface area contributed by atoms with Gasteiger partial charge in [-0.2, -0.15) is 0 Å². The topological polar surface area (TPSA) is 95.7 Å². The third kappa shape index (κ3) is 5.44. The number of carbonyl (C=O) groups is 1. The predicted octanol–water partition coefficient (Wildman–Crippen LogP) is 3.09. The van der Waals surface area contributed by atoms with Gasteiger partial charge in [0.25, 0.3) is 0 Å². The van der Waals surface area contributed by atoms with E-state index in [1.54, 1.807) is 44.2 Å². The van der Waals surface area contributed by atoms with Crippen molar-refractivity contribution < 1.29 is 22.7 Å². The van der Waals surface area contributed by atoms with Crippen molar-refractivity contribution in [2.45, 2.75) is 18.7 Å². The largest absolute Gasteiger partial charge is 0.463 e. The molecule has 0 radical (unpaired) electrons. The van der Waals surface area contributed by atoms with Crippen LogP contribution in [-0.4, -0.2) is 21.0 Å². The van der Waals surface area contributed by atoms with Gasteiger partial charge in [-0.05, 0) is 61.9 Å². The van der Waals surface area contributed by atoms with E-state index in [4.69, 9.17) is 14.6 Å². The highest BCUT2D eigenvalue weighted by atomic mass is 32.2. The molecule has 0 aliphatic heterocycles. The molecule has 0 aliphatic carbocycles. The fourth-order valence-corrected chi connectivity index (χ4v) is 2.53. The number of hydrogen-bond acceptors (Lipinski definition) is 5. The molecule has 0 bridgehead atoms. The number of sulfonamides is 1. The van der Waals surface area contributed by atoms with Crippen LogP contribution in [0.1, 0.15) is 19.4 Å². The monoisotopic (exact) mass is 361 g/mol. The Hall–Kier alpha value is -2.64. The third-order valence-corrected chi connectivity index (χ3v) is 4.18. The van der Waals surface area contributed by atoms with Crippen molar-refractivity contribution in [1.82, 2.24) is 0 Å². The quantitative estimate of drug-likeness (QED) is 0.630. The normalized spacial score (nSPS) is 11.9. The van der Waals surface area contributed by atoms with Crippen LogP contribution in [0, 0.1) is 0 Å². The van der Waals surface area contributed by atoms with Crippen LogP contribution < -0.4 is 9.88 Å². The lowest BCUT2D eigenvalue weighted by Crippen LogP contribution is -2.11. The van der Waals surface area contributed by atoms with E-state index in [0.717, 1.165) is 5.56 Å². The fraction of sp³-hybridized carbons (Fsp3) is 0.167. The van der Waals surface area contributed by atoms with Gasteiger partial charge in [-0.3, -0.25) is 0 Å². The Labute approximate surface area is 146 Å². The highest BCUT2D eigenvalue weighted by Crippen LogP contribution is 2.23. The van der Waals surface area contributed by atoms with Gasteiger partial charge in [-0.15, -0.1) is 0 Å². The van der Waals surface area contributed by atoms with E-state index < -0.39 is 10.0 Å². The molecule has 0 aliphatic rings. The molecule has 0 atom stereocenters. The number of ether oxygens (including phenoxy) is 2. The molecule has 6 nitrogen and oxygen atoms in total. The molecule has 0 saturated carbocycles. The first-order valence-corrected chi connectivity index (χ1v) is 9.10. The van der Waals surface area contributed by atoms with Crippen molar-refractivity contribution in [1.29, 1.82) is 0 Å². The van der Waals surface area contributed by atoms with Crippen LogP contribution in [0.2, 0.25) is 0 Å². The molecule has 0 saturated heterocycles. The van der Waals surface area contributed by atoms with Gasteiger partial charge in [0.2, 0.25) is 10.0 Å². The molecule has 0 unspecified atom stereocenters. The Morgan fingerprint density at radius 3 is 2.04 bits per heavy atom. The molecular weight excluding hydrogens is 342 g/mol. The lowest BCUT2D eigenvalue weighted by molar-refractivity contribution is -0.138. The van der Waals surface area contributed by atoms with E-state index in [9.17, 15) is 13.2 Å². The summed E-state index contributed by atoms with van der Waals surface area (Å²) in [5, 5.41) is 5.05. The Bertz CT molecular complexity index is 869. The number of benzene rings is 2. The van der Waals surface area contributed by atoms with Crippen LogP contribution in [0.5, 0.6) is 11.5 Å². The maximum absolute atomic E-state index is 11.6. The highest BCUT2D eigenvalue weighted by molar-refractivity contribution is 7.89. The smallest absolute Gasteiger partial charge is 0.333 e. The van der Waals surface area contributed by atoms with Gasteiger partial charge in [0, 0.05) is 5.57 Å². The molecule has 2 N–H and O–H groups in total. The first-order valence-electron chi connectivity index (χ1n) is 7.56. The van der Waals surface area contributed by atoms with Crippen molar-refractivity contribution in [2.24, 2.45) is 5.14 Å². The Balaban J connectivity index is 2.08. The van der Waals surface area contributed by atoms with Gasteiger partial charge >= 0.3 is 5.97 Å². The standard InChI is InChI=1S/C18H19NO5S/c1-3-23-18(20)13(2)12-14-4-6-15(7-5-14)24-16-8-10-17(11-9-16)25(19,21)22/h4-12H,3H2,1-2H3,(H2,19,21,22). The summed E-state index contributed by atoms with van der Waals surface area (Å²) in [5.41, 5.74) is 1.34. The molecule has 25 heavy (non-hydrogen) atoms. The number of esters is 1. The second-order valence-electron chi connectivity index (χ2n) is 5.24. The fourth-order valence-electron chi connectivity index (χ4n) is 2.02. The maximum atomic E-state index is 11.6. The second-order valence-corrected chi connectivity index (χ2v) is 6.80.